The standard InChI is InChI=1S/C15H23FN2O/c1-12-7-9-18(11-15(12)17)8-2-10-19-14-5-3-13(16)4-6-14/h3-6,12,15H,2,7-11,17H2,1H3. The molecule has 1 aromatic rings. The van der Waals surface area contributed by atoms with Gasteiger partial charge in [-0.05, 0) is 49.6 Å². The highest BCUT2D eigenvalue weighted by Gasteiger charge is 2.22. The van der Waals surface area contributed by atoms with Crippen LogP contribution in [-0.4, -0.2) is 37.2 Å². The zero-order valence-corrected chi connectivity index (χ0v) is 11.5. The lowest BCUT2D eigenvalue weighted by molar-refractivity contribution is 0.158. The van der Waals surface area contributed by atoms with Crippen molar-refractivity contribution in [2.24, 2.45) is 11.7 Å². The first-order valence-corrected chi connectivity index (χ1v) is 7.01. The smallest absolute Gasteiger partial charge is 0.123 e. The van der Waals surface area contributed by atoms with Crippen LogP contribution in [0.2, 0.25) is 0 Å². The van der Waals surface area contributed by atoms with Crippen molar-refractivity contribution in [1.82, 2.24) is 4.90 Å². The van der Waals surface area contributed by atoms with Gasteiger partial charge in [0.2, 0.25) is 0 Å². The molecular weight excluding hydrogens is 243 g/mol. The van der Waals surface area contributed by atoms with Gasteiger partial charge in [-0.1, -0.05) is 6.92 Å². The van der Waals surface area contributed by atoms with Crippen LogP contribution in [0.3, 0.4) is 0 Å². The molecule has 0 aromatic heterocycles. The van der Waals surface area contributed by atoms with Crippen LogP contribution >= 0.6 is 0 Å². The summed E-state index contributed by atoms with van der Waals surface area (Å²) < 4.78 is 18.3. The van der Waals surface area contributed by atoms with Crippen LogP contribution in [0.1, 0.15) is 19.8 Å². The van der Waals surface area contributed by atoms with Gasteiger partial charge >= 0.3 is 0 Å². The van der Waals surface area contributed by atoms with Crippen molar-refractivity contribution in [3.05, 3.63) is 30.1 Å². The molecule has 4 heteroatoms. The van der Waals surface area contributed by atoms with E-state index in [2.05, 4.69) is 11.8 Å². The van der Waals surface area contributed by atoms with Crippen molar-refractivity contribution < 1.29 is 9.13 Å². The predicted molar refractivity (Wildman–Crippen MR) is 74.7 cm³/mol. The maximum absolute atomic E-state index is 12.7. The lowest BCUT2D eigenvalue weighted by Crippen LogP contribution is -2.47. The summed E-state index contributed by atoms with van der Waals surface area (Å²) >= 11 is 0. The van der Waals surface area contributed by atoms with Crippen LogP contribution in [0.25, 0.3) is 0 Å². The number of likely N-dealkylation sites (tertiary alicyclic amines) is 1. The van der Waals surface area contributed by atoms with Crippen LogP contribution in [0, 0.1) is 11.7 Å². The topological polar surface area (TPSA) is 38.5 Å². The van der Waals surface area contributed by atoms with Crippen molar-refractivity contribution in [2.45, 2.75) is 25.8 Å². The number of benzene rings is 1. The molecule has 2 N–H and O–H groups in total. The summed E-state index contributed by atoms with van der Waals surface area (Å²) in [6.07, 6.45) is 2.15. The van der Waals surface area contributed by atoms with Gasteiger partial charge in [0, 0.05) is 19.1 Å². The molecule has 1 fully saturated rings. The Morgan fingerprint density at radius 3 is 2.79 bits per heavy atom. The normalized spacial score (nSPS) is 24.4. The Morgan fingerprint density at radius 2 is 2.11 bits per heavy atom. The number of nitrogens with zero attached hydrogens (tertiary/aromatic N) is 1. The molecule has 1 aliphatic rings. The molecular formula is C15H23FN2O. The molecule has 0 aliphatic carbocycles. The van der Waals surface area contributed by atoms with Crippen LogP contribution in [-0.2, 0) is 0 Å². The molecule has 1 saturated heterocycles. The molecule has 0 radical (unpaired) electrons. The zero-order valence-electron chi connectivity index (χ0n) is 11.5. The van der Waals surface area contributed by atoms with E-state index in [9.17, 15) is 4.39 Å². The second-order valence-electron chi connectivity index (χ2n) is 5.39. The van der Waals surface area contributed by atoms with Crippen LogP contribution < -0.4 is 10.5 Å². The Balaban J connectivity index is 1.63. The summed E-state index contributed by atoms with van der Waals surface area (Å²) in [6, 6.07) is 6.45. The lowest BCUT2D eigenvalue weighted by Gasteiger charge is -2.34. The van der Waals surface area contributed by atoms with Crippen molar-refractivity contribution in [2.75, 3.05) is 26.2 Å². The van der Waals surface area contributed by atoms with Crippen LogP contribution in [0.15, 0.2) is 24.3 Å². The van der Waals surface area contributed by atoms with Crippen LogP contribution in [0.5, 0.6) is 5.75 Å². The minimum atomic E-state index is -0.233. The summed E-state index contributed by atoms with van der Waals surface area (Å²) in [7, 11) is 0. The SMILES string of the molecule is CC1CCN(CCCOc2ccc(F)cc2)CC1N. The first kappa shape index (κ1) is 14.3. The van der Waals surface area contributed by atoms with Gasteiger partial charge in [-0.3, -0.25) is 0 Å². The van der Waals surface area contributed by atoms with Crippen LogP contribution in [0.4, 0.5) is 4.39 Å². The van der Waals surface area contributed by atoms with Gasteiger partial charge in [0.15, 0.2) is 0 Å². The Hall–Kier alpha value is -1.13. The number of hydrogen-bond acceptors (Lipinski definition) is 3. The van der Waals surface area contributed by atoms with E-state index in [0.717, 1.165) is 31.8 Å². The third-order valence-electron chi connectivity index (χ3n) is 3.80. The molecule has 0 saturated carbocycles. The number of nitrogens with two attached hydrogens (primary N) is 1. The molecule has 106 valence electrons. The second kappa shape index (κ2) is 6.87. The number of halogens is 1. The molecule has 2 unspecified atom stereocenters. The van der Waals surface area contributed by atoms with E-state index >= 15 is 0 Å². The summed E-state index contributed by atoms with van der Waals surface area (Å²) in [6.45, 7) is 6.01. The van der Waals surface area contributed by atoms with Crippen molar-refractivity contribution in [3.8, 4) is 5.75 Å². The fraction of sp³-hybridized carbons (Fsp3) is 0.600. The largest absolute Gasteiger partial charge is 0.494 e. The third-order valence-corrected chi connectivity index (χ3v) is 3.80. The number of hydrogen-bond donors (Lipinski definition) is 1. The van der Waals surface area contributed by atoms with E-state index in [-0.39, 0.29) is 5.82 Å². The molecule has 1 heterocycles. The van der Waals surface area contributed by atoms with Gasteiger partial charge in [-0.15, -0.1) is 0 Å². The van der Waals surface area contributed by atoms with E-state index in [4.69, 9.17) is 10.5 Å². The Kier molecular flexibility index (Phi) is 5.16. The van der Waals surface area contributed by atoms with Gasteiger partial charge < -0.3 is 15.4 Å². The minimum Gasteiger partial charge on any atom is -0.494 e. The zero-order chi connectivity index (χ0) is 13.7. The molecule has 0 amide bonds. The van der Waals surface area contributed by atoms with Crippen molar-refractivity contribution in [1.29, 1.82) is 0 Å². The van der Waals surface area contributed by atoms with E-state index in [1.165, 1.54) is 18.6 Å². The van der Waals surface area contributed by atoms with E-state index in [0.29, 0.717) is 18.6 Å². The number of ether oxygens (including phenoxy) is 1. The fourth-order valence-corrected chi connectivity index (χ4v) is 2.38. The second-order valence-corrected chi connectivity index (χ2v) is 5.39. The summed E-state index contributed by atoms with van der Waals surface area (Å²) in [5, 5.41) is 0. The van der Waals surface area contributed by atoms with Crippen molar-refractivity contribution in [3.63, 3.8) is 0 Å². The average molecular weight is 266 g/mol. The lowest BCUT2D eigenvalue weighted by atomic mass is 9.94. The predicted octanol–water partition coefficient (Wildman–Crippen LogP) is 2.26. The monoisotopic (exact) mass is 266 g/mol. The van der Waals surface area contributed by atoms with E-state index < -0.39 is 0 Å². The first-order valence-electron chi connectivity index (χ1n) is 7.01. The minimum absolute atomic E-state index is 0.233. The Morgan fingerprint density at radius 1 is 1.37 bits per heavy atom. The van der Waals surface area contributed by atoms with Crippen molar-refractivity contribution >= 4 is 0 Å². The molecule has 1 aromatic carbocycles. The summed E-state index contributed by atoms with van der Waals surface area (Å²) in [5.74, 6) is 1.13. The molecule has 0 bridgehead atoms. The third kappa shape index (κ3) is 4.48. The molecule has 2 atom stereocenters. The Bertz CT molecular complexity index is 382. The van der Waals surface area contributed by atoms with Gasteiger partial charge in [0.25, 0.3) is 0 Å². The molecule has 2 rings (SSSR count). The highest BCUT2D eigenvalue weighted by atomic mass is 19.1. The van der Waals surface area contributed by atoms with E-state index in [1.807, 2.05) is 0 Å². The number of rotatable bonds is 5. The average Bonchev–Trinajstić information content (AvgIpc) is 2.41. The first-order chi connectivity index (χ1) is 9.15. The maximum atomic E-state index is 12.7. The molecule has 19 heavy (non-hydrogen) atoms. The molecule has 0 spiro atoms. The highest BCUT2D eigenvalue weighted by molar-refractivity contribution is 5.21. The summed E-state index contributed by atoms with van der Waals surface area (Å²) in [5.41, 5.74) is 6.07. The van der Waals surface area contributed by atoms with E-state index in [1.54, 1.807) is 12.1 Å². The molecule has 3 nitrogen and oxygen atoms in total. The quantitative estimate of drug-likeness (QED) is 0.831. The highest BCUT2D eigenvalue weighted by Crippen LogP contribution is 2.16. The van der Waals surface area contributed by atoms with Gasteiger partial charge in [-0.2, -0.15) is 0 Å². The van der Waals surface area contributed by atoms with Gasteiger partial charge in [0.05, 0.1) is 6.61 Å². The van der Waals surface area contributed by atoms with Gasteiger partial charge in [-0.25, -0.2) is 4.39 Å². The summed E-state index contributed by atoms with van der Waals surface area (Å²) in [4.78, 5) is 2.40. The number of piperidine rings is 1. The Labute approximate surface area is 114 Å². The molecule has 1 aliphatic heterocycles. The maximum Gasteiger partial charge on any atom is 0.123 e. The van der Waals surface area contributed by atoms with Gasteiger partial charge in [0.1, 0.15) is 11.6 Å². The fourth-order valence-electron chi connectivity index (χ4n) is 2.38.